The Hall–Kier alpha value is -2.88. The van der Waals surface area contributed by atoms with Gasteiger partial charge >= 0.3 is 0 Å². The van der Waals surface area contributed by atoms with Crippen molar-refractivity contribution in [2.45, 2.75) is 33.4 Å². The number of nitrogens with zero attached hydrogens (tertiary/aromatic N) is 4. The van der Waals surface area contributed by atoms with Crippen molar-refractivity contribution in [3.8, 4) is 0 Å². The van der Waals surface area contributed by atoms with Crippen LogP contribution < -0.4 is 5.32 Å². The molecule has 154 valence electrons. The van der Waals surface area contributed by atoms with Gasteiger partial charge in [-0.1, -0.05) is 46.9 Å². The summed E-state index contributed by atoms with van der Waals surface area (Å²) in [6.07, 6.45) is 3.61. The predicted molar refractivity (Wildman–Crippen MR) is 126 cm³/mol. The summed E-state index contributed by atoms with van der Waals surface area (Å²) in [4.78, 5) is 17.7. The molecule has 0 bridgehead atoms. The zero-order valence-electron chi connectivity index (χ0n) is 16.7. The minimum absolute atomic E-state index is 0.548. The van der Waals surface area contributed by atoms with Crippen LogP contribution in [0.15, 0.2) is 84.3 Å². The van der Waals surface area contributed by atoms with Crippen molar-refractivity contribution in [1.82, 2.24) is 20.1 Å². The molecule has 0 amide bonds. The van der Waals surface area contributed by atoms with Crippen molar-refractivity contribution in [3.63, 3.8) is 0 Å². The molecule has 0 saturated carbocycles. The van der Waals surface area contributed by atoms with Crippen LogP contribution in [0.5, 0.6) is 0 Å². The quantitative estimate of drug-likeness (QED) is 0.297. The first kappa shape index (κ1) is 20.0. The standard InChI is InChI=1S/C22H17N5OS3/c1-13-12-29-22(25-13)26-20-18(30-15-6-4-3-5-7-15)10-16(11-24-20)31-17-8-9-23-21-19(17)14(2)27-28-21/h3-12H,1-2H3,(H,24,25,26). The number of benzene rings is 1. The van der Waals surface area contributed by atoms with E-state index in [1.165, 1.54) is 0 Å². The fourth-order valence-electron chi connectivity index (χ4n) is 2.98. The first-order valence-corrected chi connectivity index (χ1v) is 12.0. The number of rotatable bonds is 6. The third kappa shape index (κ3) is 4.43. The van der Waals surface area contributed by atoms with Crippen LogP contribution in [0.25, 0.3) is 11.1 Å². The lowest BCUT2D eigenvalue weighted by Crippen LogP contribution is -1.96. The smallest absolute Gasteiger partial charge is 0.259 e. The molecule has 31 heavy (non-hydrogen) atoms. The molecule has 4 aromatic heterocycles. The summed E-state index contributed by atoms with van der Waals surface area (Å²) in [6.45, 7) is 3.91. The van der Waals surface area contributed by atoms with Gasteiger partial charge < -0.3 is 9.84 Å². The fourth-order valence-corrected chi connectivity index (χ4v) is 5.68. The Morgan fingerprint density at radius 3 is 2.61 bits per heavy atom. The predicted octanol–water partition coefficient (Wildman–Crippen LogP) is 6.74. The van der Waals surface area contributed by atoms with Crippen LogP contribution in [-0.2, 0) is 0 Å². The van der Waals surface area contributed by atoms with Crippen molar-refractivity contribution in [1.29, 1.82) is 0 Å². The molecular formula is C22H17N5OS3. The Kier molecular flexibility index (Phi) is 5.63. The summed E-state index contributed by atoms with van der Waals surface area (Å²) in [6, 6.07) is 14.4. The molecule has 6 nitrogen and oxygen atoms in total. The van der Waals surface area contributed by atoms with E-state index in [2.05, 4.69) is 38.6 Å². The zero-order valence-corrected chi connectivity index (χ0v) is 19.1. The SMILES string of the molecule is Cc1csc(Nc2ncc(Sc3ccnc4onc(C)c34)cc2Sc2ccccc2)n1. The first-order chi connectivity index (χ1) is 15.2. The summed E-state index contributed by atoms with van der Waals surface area (Å²) < 4.78 is 5.31. The third-order valence-electron chi connectivity index (χ3n) is 4.38. The van der Waals surface area contributed by atoms with Crippen molar-refractivity contribution in [3.05, 3.63) is 71.6 Å². The van der Waals surface area contributed by atoms with Gasteiger partial charge in [-0.15, -0.1) is 11.3 Å². The molecule has 9 heteroatoms. The van der Waals surface area contributed by atoms with Gasteiger partial charge in [-0.3, -0.25) is 0 Å². The molecule has 4 heterocycles. The Morgan fingerprint density at radius 1 is 0.968 bits per heavy atom. The second-order valence-electron chi connectivity index (χ2n) is 6.71. The van der Waals surface area contributed by atoms with Gasteiger partial charge in [0.1, 0.15) is 5.82 Å². The second-order valence-corrected chi connectivity index (χ2v) is 9.80. The number of anilines is 2. The monoisotopic (exact) mass is 463 g/mol. The average Bonchev–Trinajstić information content (AvgIpc) is 3.36. The van der Waals surface area contributed by atoms with Crippen LogP contribution in [-0.4, -0.2) is 20.1 Å². The highest BCUT2D eigenvalue weighted by Crippen LogP contribution is 2.39. The minimum Gasteiger partial charge on any atom is -0.336 e. The Labute approximate surface area is 191 Å². The van der Waals surface area contributed by atoms with E-state index in [-0.39, 0.29) is 0 Å². The van der Waals surface area contributed by atoms with Gasteiger partial charge in [-0.25, -0.2) is 15.0 Å². The van der Waals surface area contributed by atoms with E-state index in [0.29, 0.717) is 5.71 Å². The topological polar surface area (TPSA) is 76.7 Å². The van der Waals surface area contributed by atoms with Crippen molar-refractivity contribution < 1.29 is 4.52 Å². The number of aryl methyl sites for hydroxylation is 2. The van der Waals surface area contributed by atoms with E-state index in [4.69, 9.17) is 9.51 Å². The highest BCUT2D eigenvalue weighted by molar-refractivity contribution is 8.00. The molecule has 0 radical (unpaired) electrons. The lowest BCUT2D eigenvalue weighted by molar-refractivity contribution is 0.443. The number of hydrogen-bond acceptors (Lipinski definition) is 9. The molecule has 0 atom stereocenters. The Balaban J connectivity index is 1.51. The van der Waals surface area contributed by atoms with Gasteiger partial charge in [0.15, 0.2) is 5.13 Å². The highest BCUT2D eigenvalue weighted by Gasteiger charge is 2.14. The molecule has 0 aliphatic heterocycles. The summed E-state index contributed by atoms with van der Waals surface area (Å²) in [7, 11) is 0. The number of pyridine rings is 2. The molecule has 0 spiro atoms. The van der Waals surface area contributed by atoms with Gasteiger partial charge in [0.05, 0.1) is 21.7 Å². The molecule has 0 unspecified atom stereocenters. The van der Waals surface area contributed by atoms with Gasteiger partial charge in [-0.05, 0) is 38.1 Å². The normalized spacial score (nSPS) is 11.2. The van der Waals surface area contributed by atoms with Gasteiger partial charge in [0.25, 0.3) is 5.71 Å². The third-order valence-corrected chi connectivity index (χ3v) is 7.31. The van der Waals surface area contributed by atoms with E-state index >= 15 is 0 Å². The number of aromatic nitrogens is 4. The molecule has 0 aliphatic rings. The Bertz CT molecular complexity index is 1350. The Morgan fingerprint density at radius 2 is 1.81 bits per heavy atom. The van der Waals surface area contributed by atoms with Crippen LogP contribution in [0.2, 0.25) is 0 Å². The van der Waals surface area contributed by atoms with E-state index in [1.54, 1.807) is 41.1 Å². The highest BCUT2D eigenvalue weighted by atomic mass is 32.2. The molecule has 0 saturated heterocycles. The van der Waals surface area contributed by atoms with Gasteiger partial charge in [0.2, 0.25) is 0 Å². The second kappa shape index (κ2) is 8.70. The summed E-state index contributed by atoms with van der Waals surface area (Å²) in [5, 5.41) is 11.2. The van der Waals surface area contributed by atoms with Crippen LogP contribution >= 0.6 is 34.9 Å². The van der Waals surface area contributed by atoms with Crippen molar-refractivity contribution >= 4 is 56.9 Å². The minimum atomic E-state index is 0.548. The maximum Gasteiger partial charge on any atom is 0.259 e. The van der Waals surface area contributed by atoms with E-state index < -0.39 is 0 Å². The lowest BCUT2D eigenvalue weighted by Gasteiger charge is -2.11. The number of hydrogen-bond donors (Lipinski definition) is 1. The average molecular weight is 464 g/mol. The van der Waals surface area contributed by atoms with Crippen molar-refractivity contribution in [2.75, 3.05) is 5.32 Å². The largest absolute Gasteiger partial charge is 0.336 e. The van der Waals surface area contributed by atoms with E-state index in [1.807, 2.05) is 49.7 Å². The van der Waals surface area contributed by atoms with E-state index in [0.717, 1.165) is 47.3 Å². The maximum absolute atomic E-state index is 5.31. The van der Waals surface area contributed by atoms with Crippen LogP contribution in [0.1, 0.15) is 11.4 Å². The van der Waals surface area contributed by atoms with Gasteiger partial charge in [-0.2, -0.15) is 0 Å². The molecular weight excluding hydrogens is 446 g/mol. The maximum atomic E-state index is 5.31. The molecule has 1 aromatic carbocycles. The summed E-state index contributed by atoms with van der Waals surface area (Å²) >= 11 is 4.86. The van der Waals surface area contributed by atoms with Crippen molar-refractivity contribution in [2.24, 2.45) is 0 Å². The zero-order chi connectivity index (χ0) is 21.2. The van der Waals surface area contributed by atoms with Crippen LogP contribution in [0.4, 0.5) is 10.9 Å². The molecule has 0 aliphatic carbocycles. The first-order valence-electron chi connectivity index (χ1n) is 9.46. The number of fused-ring (bicyclic) bond motifs is 1. The summed E-state index contributed by atoms with van der Waals surface area (Å²) in [5.74, 6) is 0.786. The van der Waals surface area contributed by atoms with Gasteiger partial charge in [0, 0.05) is 32.5 Å². The van der Waals surface area contributed by atoms with E-state index in [9.17, 15) is 0 Å². The molecule has 0 fully saturated rings. The van der Waals surface area contributed by atoms with Crippen LogP contribution in [0, 0.1) is 13.8 Å². The molecule has 5 rings (SSSR count). The van der Waals surface area contributed by atoms with Crippen LogP contribution in [0.3, 0.4) is 0 Å². The fraction of sp³-hybridized carbons (Fsp3) is 0.0909. The molecule has 5 aromatic rings. The summed E-state index contributed by atoms with van der Waals surface area (Å²) in [5.41, 5.74) is 2.37. The molecule has 1 N–H and O–H groups in total. The number of thiazole rings is 1. The number of nitrogens with one attached hydrogen (secondary N) is 1. The lowest BCUT2D eigenvalue weighted by atomic mass is 10.3.